The fourth-order valence-electron chi connectivity index (χ4n) is 1.97. The van der Waals surface area contributed by atoms with Crippen LogP contribution in [0.1, 0.15) is 28.3 Å². The second kappa shape index (κ2) is 6.07. The van der Waals surface area contributed by atoms with Gasteiger partial charge in [-0.05, 0) is 42.6 Å². The van der Waals surface area contributed by atoms with Crippen LogP contribution in [0.15, 0.2) is 48.0 Å². The molecule has 2 heterocycles. The Bertz CT molecular complexity index is 767. The molecule has 5 nitrogen and oxygen atoms in total. The minimum absolute atomic E-state index is 0.0940. The van der Waals surface area contributed by atoms with Gasteiger partial charge in [-0.15, -0.1) is 16.4 Å². The van der Waals surface area contributed by atoms with E-state index in [9.17, 15) is 9.18 Å². The highest BCUT2D eigenvalue weighted by Gasteiger charge is 2.15. The summed E-state index contributed by atoms with van der Waals surface area (Å²) in [5.41, 5.74) is 0.854. The number of carbonyl (C=O) groups excluding carboxylic acids is 1. The lowest BCUT2D eigenvalue weighted by Gasteiger charge is -2.10. The Morgan fingerprint density at radius 3 is 2.77 bits per heavy atom. The van der Waals surface area contributed by atoms with Crippen molar-refractivity contribution in [3.05, 3.63) is 64.4 Å². The first-order valence-electron chi connectivity index (χ1n) is 6.66. The molecule has 0 radical (unpaired) electrons. The van der Waals surface area contributed by atoms with E-state index in [0.29, 0.717) is 5.69 Å². The highest BCUT2D eigenvalue weighted by atomic mass is 32.1. The standard InChI is InChI=1S/C15H13FN4OS/c1-10(14-3-2-8-22-14)17-15(21)13-9-20(19-18-13)12-6-4-11(16)5-7-12/h2-10H,1H3,(H,17,21)/t10-/m0/s1. The topological polar surface area (TPSA) is 59.8 Å². The fourth-order valence-corrected chi connectivity index (χ4v) is 2.70. The number of hydrogen-bond donors (Lipinski definition) is 1. The number of halogens is 1. The van der Waals surface area contributed by atoms with E-state index in [1.807, 2.05) is 24.4 Å². The van der Waals surface area contributed by atoms with Crippen molar-refractivity contribution in [2.45, 2.75) is 13.0 Å². The molecule has 0 spiro atoms. The Morgan fingerprint density at radius 2 is 2.09 bits per heavy atom. The summed E-state index contributed by atoms with van der Waals surface area (Å²) in [6.07, 6.45) is 1.52. The molecule has 112 valence electrons. The van der Waals surface area contributed by atoms with Crippen LogP contribution < -0.4 is 5.32 Å². The average molecular weight is 316 g/mol. The van der Waals surface area contributed by atoms with Gasteiger partial charge < -0.3 is 5.32 Å². The van der Waals surface area contributed by atoms with Crippen LogP contribution in [-0.2, 0) is 0 Å². The Hall–Kier alpha value is -2.54. The van der Waals surface area contributed by atoms with E-state index >= 15 is 0 Å². The molecule has 3 rings (SSSR count). The van der Waals surface area contributed by atoms with Gasteiger partial charge >= 0.3 is 0 Å². The smallest absolute Gasteiger partial charge is 0.273 e. The van der Waals surface area contributed by atoms with E-state index in [-0.39, 0.29) is 23.5 Å². The van der Waals surface area contributed by atoms with Gasteiger partial charge in [0.2, 0.25) is 0 Å². The molecule has 0 unspecified atom stereocenters. The predicted octanol–water partition coefficient (Wildman–Crippen LogP) is 2.96. The average Bonchev–Trinajstić information content (AvgIpc) is 3.20. The van der Waals surface area contributed by atoms with Crippen LogP contribution in [0.25, 0.3) is 5.69 Å². The zero-order valence-electron chi connectivity index (χ0n) is 11.7. The van der Waals surface area contributed by atoms with E-state index < -0.39 is 0 Å². The quantitative estimate of drug-likeness (QED) is 0.805. The van der Waals surface area contributed by atoms with Gasteiger partial charge in [-0.2, -0.15) is 0 Å². The third kappa shape index (κ3) is 3.04. The molecule has 1 aromatic carbocycles. The molecule has 0 saturated heterocycles. The number of rotatable bonds is 4. The van der Waals surface area contributed by atoms with Crippen LogP contribution in [-0.4, -0.2) is 20.9 Å². The Kier molecular flexibility index (Phi) is 3.97. The van der Waals surface area contributed by atoms with E-state index in [0.717, 1.165) is 4.88 Å². The third-order valence-corrected chi connectivity index (χ3v) is 4.19. The highest BCUT2D eigenvalue weighted by molar-refractivity contribution is 7.10. The van der Waals surface area contributed by atoms with Crippen molar-refractivity contribution in [2.24, 2.45) is 0 Å². The maximum atomic E-state index is 12.9. The second-order valence-electron chi connectivity index (χ2n) is 4.74. The summed E-state index contributed by atoms with van der Waals surface area (Å²) in [6.45, 7) is 1.91. The zero-order valence-corrected chi connectivity index (χ0v) is 12.5. The molecule has 0 saturated carbocycles. The minimum atomic E-state index is -0.327. The molecule has 1 N–H and O–H groups in total. The maximum absolute atomic E-state index is 12.9. The lowest BCUT2D eigenvalue weighted by atomic mass is 10.2. The highest BCUT2D eigenvalue weighted by Crippen LogP contribution is 2.18. The van der Waals surface area contributed by atoms with E-state index in [1.165, 1.54) is 23.0 Å². The summed E-state index contributed by atoms with van der Waals surface area (Å²) in [6, 6.07) is 9.60. The SMILES string of the molecule is C[C@H](NC(=O)c1cn(-c2ccc(F)cc2)nn1)c1cccs1. The predicted molar refractivity (Wildman–Crippen MR) is 81.5 cm³/mol. The van der Waals surface area contributed by atoms with Crippen molar-refractivity contribution in [3.8, 4) is 5.69 Å². The molecule has 0 fully saturated rings. The van der Waals surface area contributed by atoms with Gasteiger partial charge in [-0.1, -0.05) is 11.3 Å². The van der Waals surface area contributed by atoms with Crippen molar-refractivity contribution in [2.75, 3.05) is 0 Å². The number of nitrogens with one attached hydrogen (secondary N) is 1. The third-order valence-electron chi connectivity index (χ3n) is 3.13. The van der Waals surface area contributed by atoms with Crippen molar-refractivity contribution in [3.63, 3.8) is 0 Å². The summed E-state index contributed by atoms with van der Waals surface area (Å²) < 4.78 is 14.3. The molecule has 3 aromatic rings. The number of amides is 1. The summed E-state index contributed by atoms with van der Waals surface area (Å²) in [7, 11) is 0. The largest absolute Gasteiger partial charge is 0.343 e. The van der Waals surface area contributed by atoms with Gasteiger partial charge in [0, 0.05) is 4.88 Å². The van der Waals surface area contributed by atoms with Gasteiger partial charge in [0.1, 0.15) is 5.82 Å². The lowest BCUT2D eigenvalue weighted by molar-refractivity contribution is 0.0935. The summed E-state index contributed by atoms with van der Waals surface area (Å²) in [5.74, 6) is -0.624. The molecule has 0 aliphatic heterocycles. The number of hydrogen-bond acceptors (Lipinski definition) is 4. The van der Waals surface area contributed by atoms with Crippen LogP contribution in [0.2, 0.25) is 0 Å². The van der Waals surface area contributed by atoms with Crippen LogP contribution in [0, 0.1) is 5.82 Å². The summed E-state index contributed by atoms with van der Waals surface area (Å²) >= 11 is 1.58. The monoisotopic (exact) mass is 316 g/mol. The van der Waals surface area contributed by atoms with Gasteiger partial charge in [0.25, 0.3) is 5.91 Å². The number of aromatic nitrogens is 3. The first-order chi connectivity index (χ1) is 10.6. The molecular formula is C15H13FN4OS. The van der Waals surface area contributed by atoms with Crippen molar-refractivity contribution in [1.82, 2.24) is 20.3 Å². The first kappa shape index (κ1) is 14.4. The number of thiophene rings is 1. The molecule has 22 heavy (non-hydrogen) atoms. The minimum Gasteiger partial charge on any atom is -0.343 e. The van der Waals surface area contributed by atoms with E-state index in [1.54, 1.807) is 23.5 Å². The molecular weight excluding hydrogens is 303 g/mol. The zero-order chi connectivity index (χ0) is 15.5. The van der Waals surface area contributed by atoms with Crippen molar-refractivity contribution < 1.29 is 9.18 Å². The Balaban J connectivity index is 1.73. The number of nitrogens with zero attached hydrogens (tertiary/aromatic N) is 3. The molecule has 0 aliphatic carbocycles. The lowest BCUT2D eigenvalue weighted by Crippen LogP contribution is -2.26. The maximum Gasteiger partial charge on any atom is 0.273 e. The second-order valence-corrected chi connectivity index (χ2v) is 5.71. The number of benzene rings is 1. The molecule has 0 aliphatic rings. The summed E-state index contributed by atoms with van der Waals surface area (Å²) in [5, 5.41) is 12.6. The van der Waals surface area contributed by atoms with Gasteiger partial charge in [0.05, 0.1) is 17.9 Å². The van der Waals surface area contributed by atoms with Crippen molar-refractivity contribution >= 4 is 17.2 Å². The molecule has 1 atom stereocenters. The van der Waals surface area contributed by atoms with E-state index in [4.69, 9.17) is 0 Å². The Labute approximate surface area is 130 Å². The normalized spacial score (nSPS) is 12.1. The molecule has 2 aromatic heterocycles. The van der Waals surface area contributed by atoms with Crippen LogP contribution >= 0.6 is 11.3 Å². The fraction of sp³-hybridized carbons (Fsp3) is 0.133. The van der Waals surface area contributed by atoms with Crippen molar-refractivity contribution in [1.29, 1.82) is 0 Å². The van der Waals surface area contributed by atoms with Gasteiger partial charge in [-0.25, -0.2) is 9.07 Å². The first-order valence-corrected chi connectivity index (χ1v) is 7.54. The van der Waals surface area contributed by atoms with Gasteiger partial charge in [-0.3, -0.25) is 4.79 Å². The van der Waals surface area contributed by atoms with Crippen LogP contribution in [0.5, 0.6) is 0 Å². The Morgan fingerprint density at radius 1 is 1.32 bits per heavy atom. The van der Waals surface area contributed by atoms with Crippen LogP contribution in [0.3, 0.4) is 0 Å². The molecule has 7 heteroatoms. The number of carbonyl (C=O) groups is 1. The van der Waals surface area contributed by atoms with Crippen LogP contribution in [0.4, 0.5) is 4.39 Å². The van der Waals surface area contributed by atoms with E-state index in [2.05, 4.69) is 15.6 Å². The van der Waals surface area contributed by atoms with Gasteiger partial charge in [0.15, 0.2) is 5.69 Å². The summed E-state index contributed by atoms with van der Waals surface area (Å²) in [4.78, 5) is 13.2. The molecule has 0 bridgehead atoms. The molecule has 1 amide bonds.